The van der Waals surface area contributed by atoms with Crippen molar-refractivity contribution in [3.63, 3.8) is 0 Å². The standard InChI is InChI=1S/C15H20N2OS/c1-10(15-11(2)17-12(3)19-15)16-8-13-5-4-6-14(7-13)9-18/h4-7,10,16,18H,8-9H2,1-3H3. The van der Waals surface area contributed by atoms with Crippen molar-refractivity contribution in [3.05, 3.63) is 51.0 Å². The van der Waals surface area contributed by atoms with Gasteiger partial charge in [-0.2, -0.15) is 0 Å². The fourth-order valence-corrected chi connectivity index (χ4v) is 3.10. The first kappa shape index (κ1) is 14.2. The van der Waals surface area contributed by atoms with Crippen molar-refractivity contribution in [2.24, 2.45) is 0 Å². The molecule has 2 aromatic rings. The highest BCUT2D eigenvalue weighted by molar-refractivity contribution is 7.11. The Hall–Kier alpha value is -1.23. The third kappa shape index (κ3) is 3.62. The predicted octanol–water partition coefficient (Wildman–Crippen LogP) is 3.10. The van der Waals surface area contributed by atoms with E-state index in [9.17, 15) is 0 Å². The van der Waals surface area contributed by atoms with Gasteiger partial charge in [0.15, 0.2) is 0 Å². The van der Waals surface area contributed by atoms with Gasteiger partial charge in [-0.3, -0.25) is 0 Å². The van der Waals surface area contributed by atoms with Crippen LogP contribution >= 0.6 is 11.3 Å². The van der Waals surface area contributed by atoms with Crippen LogP contribution in [0.3, 0.4) is 0 Å². The van der Waals surface area contributed by atoms with Gasteiger partial charge in [0.2, 0.25) is 0 Å². The molecule has 2 rings (SSSR count). The Morgan fingerprint density at radius 2 is 2.05 bits per heavy atom. The van der Waals surface area contributed by atoms with Crippen LogP contribution in [0, 0.1) is 13.8 Å². The molecule has 0 aliphatic heterocycles. The lowest BCUT2D eigenvalue weighted by Crippen LogP contribution is -2.18. The molecule has 3 nitrogen and oxygen atoms in total. The lowest BCUT2D eigenvalue weighted by Gasteiger charge is -2.13. The fraction of sp³-hybridized carbons (Fsp3) is 0.400. The first-order valence-corrected chi connectivity index (χ1v) is 7.27. The smallest absolute Gasteiger partial charge is 0.0900 e. The van der Waals surface area contributed by atoms with Crippen molar-refractivity contribution in [2.45, 2.75) is 40.0 Å². The van der Waals surface area contributed by atoms with Crippen LogP contribution in [-0.4, -0.2) is 10.1 Å². The Balaban J connectivity index is 2.00. The average molecular weight is 276 g/mol. The molecule has 0 radical (unpaired) electrons. The van der Waals surface area contributed by atoms with E-state index in [0.717, 1.165) is 22.8 Å². The number of aliphatic hydroxyl groups excluding tert-OH is 1. The van der Waals surface area contributed by atoms with Crippen LogP contribution in [0.15, 0.2) is 24.3 Å². The molecule has 0 spiro atoms. The molecule has 19 heavy (non-hydrogen) atoms. The summed E-state index contributed by atoms with van der Waals surface area (Å²) in [6.45, 7) is 7.15. The molecule has 0 fully saturated rings. The van der Waals surface area contributed by atoms with Crippen LogP contribution in [0.5, 0.6) is 0 Å². The average Bonchev–Trinajstić information content (AvgIpc) is 2.75. The fourth-order valence-electron chi connectivity index (χ4n) is 2.15. The van der Waals surface area contributed by atoms with Crippen LogP contribution in [0.2, 0.25) is 0 Å². The molecule has 0 aliphatic rings. The Labute approximate surface area is 118 Å². The number of hydrogen-bond acceptors (Lipinski definition) is 4. The molecule has 1 aromatic carbocycles. The van der Waals surface area contributed by atoms with Crippen molar-refractivity contribution in [3.8, 4) is 0 Å². The lowest BCUT2D eigenvalue weighted by atomic mass is 10.1. The zero-order chi connectivity index (χ0) is 13.8. The zero-order valence-corrected chi connectivity index (χ0v) is 12.4. The van der Waals surface area contributed by atoms with E-state index < -0.39 is 0 Å². The van der Waals surface area contributed by atoms with Crippen molar-refractivity contribution >= 4 is 11.3 Å². The number of nitrogens with one attached hydrogen (secondary N) is 1. The molecule has 1 atom stereocenters. The van der Waals surface area contributed by atoms with E-state index >= 15 is 0 Å². The van der Waals surface area contributed by atoms with Gasteiger partial charge in [0.05, 0.1) is 17.3 Å². The lowest BCUT2D eigenvalue weighted by molar-refractivity contribution is 0.281. The van der Waals surface area contributed by atoms with Crippen LogP contribution in [-0.2, 0) is 13.2 Å². The molecule has 1 aromatic heterocycles. The predicted molar refractivity (Wildman–Crippen MR) is 79.2 cm³/mol. The largest absolute Gasteiger partial charge is 0.392 e. The maximum absolute atomic E-state index is 9.13. The third-order valence-corrected chi connectivity index (χ3v) is 4.37. The highest BCUT2D eigenvalue weighted by Gasteiger charge is 2.12. The summed E-state index contributed by atoms with van der Waals surface area (Å²) in [5.41, 5.74) is 3.26. The molecule has 0 bridgehead atoms. The highest BCUT2D eigenvalue weighted by Crippen LogP contribution is 2.24. The minimum atomic E-state index is 0.0938. The van der Waals surface area contributed by atoms with Gasteiger partial charge >= 0.3 is 0 Å². The summed E-state index contributed by atoms with van der Waals surface area (Å²) in [6, 6.07) is 8.32. The number of aliphatic hydroxyl groups is 1. The monoisotopic (exact) mass is 276 g/mol. The van der Waals surface area contributed by atoms with Crippen molar-refractivity contribution in [2.75, 3.05) is 0 Å². The van der Waals surface area contributed by atoms with Gasteiger partial charge < -0.3 is 10.4 Å². The Bertz CT molecular complexity index is 551. The topological polar surface area (TPSA) is 45.2 Å². The molecule has 0 saturated heterocycles. The number of hydrogen-bond donors (Lipinski definition) is 2. The van der Waals surface area contributed by atoms with Gasteiger partial charge in [0, 0.05) is 17.5 Å². The van der Waals surface area contributed by atoms with E-state index in [1.165, 1.54) is 10.4 Å². The third-order valence-electron chi connectivity index (χ3n) is 3.12. The zero-order valence-electron chi connectivity index (χ0n) is 11.6. The second kappa shape index (κ2) is 6.28. The minimum Gasteiger partial charge on any atom is -0.392 e. The van der Waals surface area contributed by atoms with Crippen molar-refractivity contribution < 1.29 is 5.11 Å². The quantitative estimate of drug-likeness (QED) is 0.882. The normalized spacial score (nSPS) is 12.6. The summed E-state index contributed by atoms with van der Waals surface area (Å²) in [7, 11) is 0. The summed E-state index contributed by atoms with van der Waals surface area (Å²) in [5, 5.41) is 13.8. The van der Waals surface area contributed by atoms with E-state index in [1.54, 1.807) is 11.3 Å². The van der Waals surface area contributed by atoms with Gasteiger partial charge in [0.25, 0.3) is 0 Å². The van der Waals surface area contributed by atoms with E-state index in [-0.39, 0.29) is 6.61 Å². The number of benzene rings is 1. The molecule has 102 valence electrons. The van der Waals surface area contributed by atoms with Gasteiger partial charge in [-0.15, -0.1) is 11.3 Å². The van der Waals surface area contributed by atoms with E-state index in [1.807, 2.05) is 25.1 Å². The van der Waals surface area contributed by atoms with Gasteiger partial charge in [-0.1, -0.05) is 24.3 Å². The second-order valence-corrected chi connectivity index (χ2v) is 6.00. The Kier molecular flexibility index (Phi) is 4.69. The molecule has 0 aliphatic carbocycles. The number of nitrogens with zero attached hydrogens (tertiary/aromatic N) is 1. The summed E-state index contributed by atoms with van der Waals surface area (Å²) < 4.78 is 0. The molecule has 2 N–H and O–H groups in total. The maximum atomic E-state index is 9.13. The summed E-state index contributed by atoms with van der Waals surface area (Å²) in [6.07, 6.45) is 0. The van der Waals surface area contributed by atoms with Crippen LogP contribution < -0.4 is 5.32 Å². The first-order chi connectivity index (χ1) is 9.10. The number of thiazole rings is 1. The molecular formula is C15H20N2OS. The van der Waals surface area contributed by atoms with Gasteiger partial charge in [-0.05, 0) is 31.9 Å². The molecular weight excluding hydrogens is 256 g/mol. The summed E-state index contributed by atoms with van der Waals surface area (Å²) >= 11 is 1.75. The maximum Gasteiger partial charge on any atom is 0.0900 e. The first-order valence-electron chi connectivity index (χ1n) is 6.46. The summed E-state index contributed by atoms with van der Waals surface area (Å²) in [5.74, 6) is 0. The van der Waals surface area contributed by atoms with Crippen LogP contribution in [0.1, 0.15) is 39.7 Å². The number of rotatable bonds is 5. The van der Waals surface area contributed by atoms with Gasteiger partial charge in [0.1, 0.15) is 0 Å². The molecule has 0 saturated carbocycles. The van der Waals surface area contributed by atoms with Crippen molar-refractivity contribution in [1.82, 2.24) is 10.3 Å². The van der Waals surface area contributed by atoms with Gasteiger partial charge in [-0.25, -0.2) is 4.98 Å². The molecule has 0 amide bonds. The van der Waals surface area contributed by atoms with E-state index in [4.69, 9.17) is 5.11 Å². The van der Waals surface area contributed by atoms with Crippen LogP contribution in [0.4, 0.5) is 0 Å². The second-order valence-electron chi connectivity index (χ2n) is 4.76. The molecule has 1 heterocycles. The summed E-state index contributed by atoms with van der Waals surface area (Å²) in [4.78, 5) is 5.76. The van der Waals surface area contributed by atoms with Crippen LogP contribution in [0.25, 0.3) is 0 Å². The molecule has 4 heteroatoms. The number of aryl methyl sites for hydroxylation is 2. The minimum absolute atomic E-state index is 0.0938. The molecule has 1 unspecified atom stereocenters. The van der Waals surface area contributed by atoms with Crippen molar-refractivity contribution in [1.29, 1.82) is 0 Å². The Morgan fingerprint density at radius 3 is 2.68 bits per heavy atom. The SMILES string of the molecule is Cc1nc(C)c(C(C)NCc2cccc(CO)c2)s1. The highest BCUT2D eigenvalue weighted by atomic mass is 32.1. The van der Waals surface area contributed by atoms with E-state index in [0.29, 0.717) is 6.04 Å². The number of aromatic nitrogens is 1. The Morgan fingerprint density at radius 1 is 1.32 bits per heavy atom. The van der Waals surface area contributed by atoms with E-state index in [2.05, 4.69) is 30.2 Å².